The number of nitrogens with zero attached hydrogens (tertiary/aromatic N) is 2. The minimum absolute atomic E-state index is 0.302. The molecule has 0 unspecified atom stereocenters. The van der Waals surface area contributed by atoms with Crippen LogP contribution in [0.1, 0.15) is 10.4 Å². The average molecular weight is 349 g/mol. The normalized spacial score (nSPS) is 10.9. The Morgan fingerprint density at radius 3 is 2.95 bits per heavy atom. The molecule has 0 aliphatic carbocycles. The molecular weight excluding hydrogens is 336 g/mol. The van der Waals surface area contributed by atoms with Gasteiger partial charge in [0, 0.05) is 15.9 Å². The van der Waals surface area contributed by atoms with Crippen LogP contribution in [-0.4, -0.2) is 9.97 Å². The maximum absolute atomic E-state index is 5.76. The van der Waals surface area contributed by atoms with Crippen molar-refractivity contribution in [3.8, 4) is 0 Å². The largest absolute Gasteiger partial charge is 0.368 e. The summed E-state index contributed by atoms with van der Waals surface area (Å²) < 4.78 is 1.07. The summed E-state index contributed by atoms with van der Waals surface area (Å²) in [4.78, 5) is 10.7. The van der Waals surface area contributed by atoms with E-state index in [-0.39, 0.29) is 0 Å². The molecule has 102 valence electrons. The van der Waals surface area contributed by atoms with Crippen molar-refractivity contribution in [2.45, 2.75) is 13.5 Å². The van der Waals surface area contributed by atoms with Gasteiger partial charge in [0.15, 0.2) is 0 Å². The van der Waals surface area contributed by atoms with Crippen LogP contribution >= 0.6 is 27.3 Å². The highest BCUT2D eigenvalue weighted by atomic mass is 79.9. The van der Waals surface area contributed by atoms with E-state index < -0.39 is 0 Å². The summed E-state index contributed by atoms with van der Waals surface area (Å²) in [5, 5.41) is 4.36. The number of fused-ring (bicyclic) bond motifs is 1. The number of anilines is 2. The first-order chi connectivity index (χ1) is 9.61. The molecule has 2 heterocycles. The molecule has 2 aromatic heterocycles. The highest BCUT2D eigenvalue weighted by molar-refractivity contribution is 9.10. The summed E-state index contributed by atoms with van der Waals surface area (Å²) in [6, 6.07) is 10.3. The number of benzene rings is 1. The second-order valence-corrected chi connectivity index (χ2v) is 6.64. The van der Waals surface area contributed by atoms with Crippen molar-refractivity contribution in [3.63, 3.8) is 0 Å². The number of nitrogen functional groups attached to an aromatic ring is 1. The van der Waals surface area contributed by atoms with Crippen LogP contribution in [0.3, 0.4) is 0 Å². The second kappa shape index (κ2) is 5.38. The highest BCUT2D eigenvalue weighted by Crippen LogP contribution is 2.29. The number of halogens is 1. The van der Waals surface area contributed by atoms with E-state index in [1.54, 1.807) is 11.3 Å². The van der Waals surface area contributed by atoms with Gasteiger partial charge in [-0.15, -0.1) is 11.3 Å². The van der Waals surface area contributed by atoms with Crippen LogP contribution in [0.15, 0.2) is 34.8 Å². The Labute approximate surface area is 129 Å². The average Bonchev–Trinajstić information content (AvgIpc) is 2.76. The maximum atomic E-state index is 5.76. The van der Waals surface area contributed by atoms with Crippen molar-refractivity contribution in [1.82, 2.24) is 9.97 Å². The summed E-state index contributed by atoms with van der Waals surface area (Å²) in [7, 11) is 0. The molecule has 4 nitrogen and oxygen atoms in total. The molecule has 0 aliphatic rings. The number of hydrogen-bond donors (Lipinski definition) is 2. The van der Waals surface area contributed by atoms with E-state index in [0.717, 1.165) is 20.5 Å². The smallest absolute Gasteiger partial charge is 0.223 e. The Kier molecular flexibility index (Phi) is 3.58. The minimum atomic E-state index is 0.302. The van der Waals surface area contributed by atoms with E-state index in [1.807, 2.05) is 12.1 Å². The van der Waals surface area contributed by atoms with Crippen LogP contribution in [-0.2, 0) is 6.54 Å². The van der Waals surface area contributed by atoms with Crippen LogP contribution < -0.4 is 11.1 Å². The molecular formula is C14H13BrN4S. The fourth-order valence-corrected chi connectivity index (χ4v) is 3.36. The number of aryl methyl sites for hydroxylation is 1. The Bertz CT molecular complexity index is 769. The molecule has 3 rings (SSSR count). The van der Waals surface area contributed by atoms with E-state index in [0.29, 0.717) is 12.5 Å². The lowest BCUT2D eigenvalue weighted by Gasteiger charge is -2.07. The van der Waals surface area contributed by atoms with Gasteiger partial charge in [-0.2, -0.15) is 4.98 Å². The fourth-order valence-electron chi connectivity index (χ4n) is 2.03. The molecule has 6 heteroatoms. The zero-order valence-corrected chi connectivity index (χ0v) is 13.3. The molecule has 0 atom stereocenters. The molecule has 0 saturated carbocycles. The van der Waals surface area contributed by atoms with Gasteiger partial charge < -0.3 is 11.1 Å². The van der Waals surface area contributed by atoms with E-state index in [1.165, 1.54) is 10.4 Å². The number of rotatable bonds is 3. The van der Waals surface area contributed by atoms with E-state index in [2.05, 4.69) is 56.3 Å². The number of nitrogens with two attached hydrogens (primary N) is 1. The van der Waals surface area contributed by atoms with Crippen molar-refractivity contribution in [3.05, 3.63) is 45.2 Å². The van der Waals surface area contributed by atoms with Gasteiger partial charge in [-0.1, -0.05) is 28.1 Å². The number of hydrogen-bond acceptors (Lipinski definition) is 5. The van der Waals surface area contributed by atoms with Gasteiger partial charge >= 0.3 is 0 Å². The van der Waals surface area contributed by atoms with Gasteiger partial charge in [0.05, 0.1) is 5.39 Å². The van der Waals surface area contributed by atoms with Gasteiger partial charge in [0.2, 0.25) is 5.95 Å². The first kappa shape index (κ1) is 13.3. The zero-order valence-electron chi connectivity index (χ0n) is 10.9. The topological polar surface area (TPSA) is 63.8 Å². The predicted octanol–water partition coefficient (Wildman–Crippen LogP) is 3.96. The van der Waals surface area contributed by atoms with Crippen LogP contribution in [0.2, 0.25) is 0 Å². The lowest BCUT2D eigenvalue weighted by Crippen LogP contribution is -2.04. The Hall–Kier alpha value is -1.66. The summed E-state index contributed by atoms with van der Waals surface area (Å²) >= 11 is 5.10. The third-order valence-electron chi connectivity index (χ3n) is 2.88. The van der Waals surface area contributed by atoms with Crippen molar-refractivity contribution in [2.75, 3.05) is 11.1 Å². The molecule has 0 bridgehead atoms. The molecule has 0 spiro atoms. The first-order valence-electron chi connectivity index (χ1n) is 6.14. The summed E-state index contributed by atoms with van der Waals surface area (Å²) in [6.45, 7) is 2.75. The molecule has 3 aromatic rings. The standard InChI is InChI=1S/C14H13BrN4S/c1-8-5-11-12(18-14(16)19-13(11)20-8)17-7-9-3-2-4-10(15)6-9/h2-6H,7H2,1H3,(H3,16,17,18,19). The minimum Gasteiger partial charge on any atom is -0.368 e. The van der Waals surface area contributed by atoms with E-state index in [4.69, 9.17) is 5.73 Å². The quantitative estimate of drug-likeness (QED) is 0.751. The molecule has 20 heavy (non-hydrogen) atoms. The Balaban J connectivity index is 1.90. The molecule has 0 saturated heterocycles. The lowest BCUT2D eigenvalue weighted by molar-refractivity contribution is 1.11. The molecule has 3 N–H and O–H groups in total. The van der Waals surface area contributed by atoms with Gasteiger partial charge in [-0.05, 0) is 30.7 Å². The van der Waals surface area contributed by atoms with E-state index >= 15 is 0 Å². The molecule has 0 amide bonds. The van der Waals surface area contributed by atoms with Crippen LogP contribution in [0, 0.1) is 6.92 Å². The number of thiophene rings is 1. The summed E-state index contributed by atoms with van der Waals surface area (Å²) in [5.74, 6) is 1.09. The monoisotopic (exact) mass is 348 g/mol. The summed E-state index contributed by atoms with van der Waals surface area (Å²) in [6.07, 6.45) is 0. The molecule has 0 aliphatic heterocycles. The van der Waals surface area contributed by atoms with Crippen molar-refractivity contribution < 1.29 is 0 Å². The van der Waals surface area contributed by atoms with Crippen molar-refractivity contribution in [1.29, 1.82) is 0 Å². The lowest BCUT2D eigenvalue weighted by atomic mass is 10.2. The van der Waals surface area contributed by atoms with Crippen LogP contribution in [0.25, 0.3) is 10.2 Å². The van der Waals surface area contributed by atoms with Crippen LogP contribution in [0.5, 0.6) is 0 Å². The molecule has 1 aromatic carbocycles. The predicted molar refractivity (Wildman–Crippen MR) is 88.0 cm³/mol. The van der Waals surface area contributed by atoms with Gasteiger partial charge in [0.25, 0.3) is 0 Å². The maximum Gasteiger partial charge on any atom is 0.223 e. The third-order valence-corrected chi connectivity index (χ3v) is 4.32. The Morgan fingerprint density at radius 2 is 2.15 bits per heavy atom. The van der Waals surface area contributed by atoms with Crippen LogP contribution in [0.4, 0.5) is 11.8 Å². The second-order valence-electron chi connectivity index (χ2n) is 4.49. The number of aromatic nitrogens is 2. The van der Waals surface area contributed by atoms with E-state index in [9.17, 15) is 0 Å². The first-order valence-corrected chi connectivity index (χ1v) is 7.75. The third kappa shape index (κ3) is 2.76. The van der Waals surface area contributed by atoms with Crippen molar-refractivity contribution >= 4 is 49.2 Å². The molecule has 0 fully saturated rings. The molecule has 0 radical (unpaired) electrons. The van der Waals surface area contributed by atoms with Gasteiger partial charge in [-0.25, -0.2) is 4.98 Å². The fraction of sp³-hybridized carbons (Fsp3) is 0.143. The van der Waals surface area contributed by atoms with Gasteiger partial charge in [-0.3, -0.25) is 0 Å². The summed E-state index contributed by atoms with van der Waals surface area (Å²) in [5.41, 5.74) is 6.94. The van der Waals surface area contributed by atoms with Gasteiger partial charge in [0.1, 0.15) is 10.6 Å². The van der Waals surface area contributed by atoms with Crippen molar-refractivity contribution in [2.24, 2.45) is 0 Å². The SMILES string of the molecule is Cc1cc2c(NCc3cccc(Br)c3)nc(N)nc2s1. The zero-order chi connectivity index (χ0) is 14.1. The highest BCUT2D eigenvalue weighted by Gasteiger charge is 2.09. The number of nitrogens with one attached hydrogen (secondary N) is 1. The Morgan fingerprint density at radius 1 is 1.30 bits per heavy atom.